The van der Waals surface area contributed by atoms with E-state index in [2.05, 4.69) is 0 Å². The summed E-state index contributed by atoms with van der Waals surface area (Å²) in [5, 5.41) is 0. The summed E-state index contributed by atoms with van der Waals surface area (Å²) in [4.78, 5) is 13.8. The Labute approximate surface area is 91.8 Å². The molecule has 1 heterocycles. The molecule has 1 rings (SSSR count). The minimum absolute atomic E-state index is 0.0287. The number of rotatable bonds is 4. The second-order valence-corrected chi connectivity index (χ2v) is 4.35. The van der Waals surface area contributed by atoms with Gasteiger partial charge in [-0.25, -0.2) is 0 Å². The first-order valence-electron chi connectivity index (χ1n) is 5.75. The van der Waals surface area contributed by atoms with Gasteiger partial charge in [-0.15, -0.1) is 0 Å². The molecule has 1 amide bonds. The number of ether oxygens (including phenoxy) is 1. The lowest BCUT2D eigenvalue weighted by Gasteiger charge is -2.28. The van der Waals surface area contributed by atoms with Gasteiger partial charge in [0.05, 0.1) is 6.04 Å². The fourth-order valence-corrected chi connectivity index (χ4v) is 1.83. The van der Waals surface area contributed by atoms with E-state index >= 15 is 0 Å². The van der Waals surface area contributed by atoms with E-state index in [-0.39, 0.29) is 18.1 Å². The van der Waals surface area contributed by atoms with E-state index in [0.29, 0.717) is 6.61 Å². The van der Waals surface area contributed by atoms with Crippen LogP contribution in [0.15, 0.2) is 0 Å². The predicted molar refractivity (Wildman–Crippen MR) is 59.2 cm³/mol. The lowest BCUT2D eigenvalue weighted by Crippen LogP contribution is -2.49. The molecule has 1 aliphatic rings. The van der Waals surface area contributed by atoms with Crippen LogP contribution < -0.4 is 5.73 Å². The van der Waals surface area contributed by atoms with Crippen molar-refractivity contribution in [3.63, 3.8) is 0 Å². The molecule has 2 N–H and O–H groups in total. The number of amides is 1. The number of carbonyl (C=O) groups is 1. The SMILES string of the molecule is CCOC1CCCN1C(=O)C(N)C(C)C. The highest BCUT2D eigenvalue weighted by atomic mass is 16.5. The fourth-order valence-electron chi connectivity index (χ4n) is 1.83. The maximum absolute atomic E-state index is 12.0. The zero-order chi connectivity index (χ0) is 11.4. The average molecular weight is 214 g/mol. The second kappa shape index (κ2) is 5.47. The Morgan fingerprint density at radius 1 is 1.60 bits per heavy atom. The summed E-state index contributed by atoms with van der Waals surface area (Å²) in [6, 6.07) is -0.397. The number of hydrogen-bond donors (Lipinski definition) is 1. The van der Waals surface area contributed by atoms with Crippen LogP contribution in [0.4, 0.5) is 0 Å². The number of hydrogen-bond acceptors (Lipinski definition) is 3. The Morgan fingerprint density at radius 3 is 2.80 bits per heavy atom. The third kappa shape index (κ3) is 2.92. The molecule has 0 aliphatic carbocycles. The summed E-state index contributed by atoms with van der Waals surface area (Å²) in [5.41, 5.74) is 5.85. The van der Waals surface area contributed by atoms with Crippen molar-refractivity contribution in [2.24, 2.45) is 11.7 Å². The summed E-state index contributed by atoms with van der Waals surface area (Å²) in [6.07, 6.45) is 1.90. The van der Waals surface area contributed by atoms with Crippen LogP contribution in [-0.2, 0) is 9.53 Å². The van der Waals surface area contributed by atoms with Gasteiger partial charge in [0.1, 0.15) is 6.23 Å². The van der Waals surface area contributed by atoms with Crippen LogP contribution in [0.25, 0.3) is 0 Å². The lowest BCUT2D eigenvalue weighted by molar-refractivity contribution is -0.143. The van der Waals surface area contributed by atoms with E-state index < -0.39 is 6.04 Å². The van der Waals surface area contributed by atoms with Crippen LogP contribution in [0.2, 0.25) is 0 Å². The van der Waals surface area contributed by atoms with Crippen LogP contribution in [0, 0.1) is 5.92 Å². The Bertz CT molecular complexity index is 219. The molecule has 88 valence electrons. The van der Waals surface area contributed by atoms with Gasteiger partial charge in [-0.2, -0.15) is 0 Å². The molecule has 0 radical (unpaired) electrons. The smallest absolute Gasteiger partial charge is 0.241 e. The Balaban J connectivity index is 2.58. The van der Waals surface area contributed by atoms with Crippen LogP contribution in [0.5, 0.6) is 0 Å². The van der Waals surface area contributed by atoms with Crippen LogP contribution in [0.1, 0.15) is 33.6 Å². The van der Waals surface area contributed by atoms with E-state index in [1.807, 2.05) is 20.8 Å². The molecule has 0 bridgehead atoms. The average Bonchev–Trinajstić information content (AvgIpc) is 2.64. The largest absolute Gasteiger partial charge is 0.359 e. The number of nitrogens with zero attached hydrogens (tertiary/aromatic N) is 1. The van der Waals surface area contributed by atoms with Crippen LogP contribution in [-0.4, -0.2) is 36.2 Å². The van der Waals surface area contributed by atoms with E-state index in [4.69, 9.17) is 10.5 Å². The topological polar surface area (TPSA) is 55.6 Å². The first-order valence-corrected chi connectivity index (χ1v) is 5.75. The second-order valence-electron chi connectivity index (χ2n) is 4.35. The highest BCUT2D eigenvalue weighted by Gasteiger charge is 2.32. The van der Waals surface area contributed by atoms with Gasteiger partial charge in [-0.05, 0) is 25.7 Å². The molecule has 4 heteroatoms. The molecule has 1 fully saturated rings. The highest BCUT2D eigenvalue weighted by molar-refractivity contribution is 5.82. The van der Waals surface area contributed by atoms with Crippen molar-refractivity contribution in [2.45, 2.75) is 45.9 Å². The van der Waals surface area contributed by atoms with E-state index in [0.717, 1.165) is 19.4 Å². The van der Waals surface area contributed by atoms with Crippen molar-refractivity contribution in [3.8, 4) is 0 Å². The van der Waals surface area contributed by atoms with E-state index in [1.165, 1.54) is 0 Å². The third-order valence-corrected chi connectivity index (χ3v) is 2.84. The van der Waals surface area contributed by atoms with Gasteiger partial charge in [0.15, 0.2) is 0 Å². The first-order chi connectivity index (χ1) is 7.07. The van der Waals surface area contributed by atoms with Crippen LogP contribution >= 0.6 is 0 Å². The number of nitrogens with two attached hydrogens (primary N) is 1. The Morgan fingerprint density at radius 2 is 2.27 bits per heavy atom. The van der Waals surface area contributed by atoms with E-state index in [1.54, 1.807) is 4.90 Å². The molecular weight excluding hydrogens is 192 g/mol. The number of likely N-dealkylation sites (tertiary alicyclic amines) is 1. The molecule has 1 saturated heterocycles. The minimum atomic E-state index is -0.397. The molecule has 0 aromatic carbocycles. The monoisotopic (exact) mass is 214 g/mol. The predicted octanol–water partition coefficient (Wildman–Crippen LogP) is 0.955. The standard InChI is InChI=1S/C11H22N2O2/c1-4-15-9-6-5-7-13(9)11(14)10(12)8(2)3/h8-10H,4-7,12H2,1-3H3. The van der Waals surface area contributed by atoms with Crippen molar-refractivity contribution in [3.05, 3.63) is 0 Å². The van der Waals surface area contributed by atoms with Crippen molar-refractivity contribution in [1.29, 1.82) is 0 Å². The zero-order valence-electron chi connectivity index (χ0n) is 9.90. The zero-order valence-corrected chi connectivity index (χ0v) is 9.90. The van der Waals surface area contributed by atoms with Gasteiger partial charge >= 0.3 is 0 Å². The fraction of sp³-hybridized carbons (Fsp3) is 0.909. The van der Waals surface area contributed by atoms with Gasteiger partial charge < -0.3 is 15.4 Å². The minimum Gasteiger partial charge on any atom is -0.359 e. The van der Waals surface area contributed by atoms with Gasteiger partial charge in [-0.3, -0.25) is 4.79 Å². The van der Waals surface area contributed by atoms with Crippen molar-refractivity contribution >= 4 is 5.91 Å². The molecule has 0 aromatic heterocycles. The van der Waals surface area contributed by atoms with Crippen molar-refractivity contribution < 1.29 is 9.53 Å². The molecule has 1 aliphatic heterocycles. The quantitative estimate of drug-likeness (QED) is 0.758. The molecule has 0 aromatic rings. The molecular formula is C11H22N2O2. The maximum Gasteiger partial charge on any atom is 0.241 e. The lowest BCUT2D eigenvalue weighted by atomic mass is 10.0. The summed E-state index contributed by atoms with van der Waals surface area (Å²) in [6.45, 7) is 7.31. The Kier molecular flexibility index (Phi) is 4.54. The Hall–Kier alpha value is -0.610. The first kappa shape index (κ1) is 12.5. The summed E-state index contributed by atoms with van der Waals surface area (Å²) in [5.74, 6) is 0.210. The van der Waals surface area contributed by atoms with Crippen molar-refractivity contribution in [2.75, 3.05) is 13.2 Å². The molecule has 4 nitrogen and oxygen atoms in total. The summed E-state index contributed by atoms with van der Waals surface area (Å²) >= 11 is 0. The molecule has 2 unspecified atom stereocenters. The summed E-state index contributed by atoms with van der Waals surface area (Å²) < 4.78 is 5.52. The highest BCUT2D eigenvalue weighted by Crippen LogP contribution is 2.20. The third-order valence-electron chi connectivity index (χ3n) is 2.84. The molecule has 0 saturated carbocycles. The van der Waals surface area contributed by atoms with Crippen LogP contribution in [0.3, 0.4) is 0 Å². The van der Waals surface area contributed by atoms with Gasteiger partial charge in [0.25, 0.3) is 0 Å². The molecule has 15 heavy (non-hydrogen) atoms. The molecule has 0 spiro atoms. The van der Waals surface area contributed by atoms with Gasteiger partial charge in [0, 0.05) is 13.2 Å². The van der Waals surface area contributed by atoms with Gasteiger partial charge in [0.2, 0.25) is 5.91 Å². The van der Waals surface area contributed by atoms with E-state index in [9.17, 15) is 4.79 Å². The van der Waals surface area contributed by atoms with Gasteiger partial charge in [-0.1, -0.05) is 13.8 Å². The molecule has 2 atom stereocenters. The number of carbonyl (C=O) groups excluding carboxylic acids is 1. The maximum atomic E-state index is 12.0. The normalized spacial score (nSPS) is 23.5. The van der Waals surface area contributed by atoms with Crippen molar-refractivity contribution in [1.82, 2.24) is 4.90 Å². The summed E-state index contributed by atoms with van der Waals surface area (Å²) in [7, 11) is 0.